The molecule has 0 saturated carbocycles. The summed E-state index contributed by atoms with van der Waals surface area (Å²) in [5.74, 6) is 22.1. The molecule has 0 heterocycles. The summed E-state index contributed by atoms with van der Waals surface area (Å²) in [7, 11) is -5.30. The molecular weight excluding hydrogens is 517 g/mol. The van der Waals surface area contributed by atoms with Crippen LogP contribution in [0, 0.1) is 59.2 Å². The molecule has 0 aromatic heterocycles. The summed E-state index contributed by atoms with van der Waals surface area (Å²) in [6, 6.07) is 0. The fourth-order valence-electron chi connectivity index (χ4n) is 2.48. The first kappa shape index (κ1) is 40.3. The van der Waals surface area contributed by atoms with Crippen LogP contribution in [0.2, 0.25) is 0 Å². The molecule has 0 saturated heterocycles. The number of phosphoric acid groups is 1. The molecule has 0 aromatic rings. The summed E-state index contributed by atoms with van der Waals surface area (Å²) < 4.78 is 24.8. The number of rotatable bonds is 15. The minimum Gasteiger partial charge on any atom is -0.790 e. The maximum absolute atomic E-state index is 12.0. The normalized spacial score (nSPS) is 9.62. The van der Waals surface area contributed by atoms with Crippen molar-refractivity contribution in [1.82, 2.24) is 0 Å². The van der Waals surface area contributed by atoms with Gasteiger partial charge in [-0.2, -0.15) is 0 Å². The summed E-state index contributed by atoms with van der Waals surface area (Å²) in [4.78, 5) is 45.2. The van der Waals surface area contributed by atoms with Crippen LogP contribution in [0.5, 0.6) is 0 Å². The van der Waals surface area contributed by atoms with Crippen molar-refractivity contribution in [3.8, 4) is 59.2 Å². The number of carbonyl (C=O) groups excluding carboxylic acids is 2. The van der Waals surface area contributed by atoms with E-state index in [1.165, 1.54) is 25.7 Å². The SMILES string of the molecule is CC#CC#CC#CC#CC#CC(=O)OC[C@H](COP(=O)([O-])[O-])OC(=O)CCCCCCCCCC.[Na+].[Na+]. The molecule has 188 valence electrons. The van der Waals surface area contributed by atoms with Crippen molar-refractivity contribution >= 4 is 19.8 Å². The van der Waals surface area contributed by atoms with E-state index >= 15 is 0 Å². The van der Waals surface area contributed by atoms with Crippen molar-refractivity contribution in [1.29, 1.82) is 0 Å². The second-order valence-corrected chi connectivity index (χ2v) is 8.21. The van der Waals surface area contributed by atoms with Gasteiger partial charge in [-0.1, -0.05) is 57.8 Å². The standard InChI is InChI=1S/C26H31O8P.2Na/c1-3-5-7-9-11-13-15-16-18-20-25(27)32-22-24(23-33-35(29,30)31)34-26(28)21-19-17-14-12-10-8-6-4-2;;/h24H,4,6,8,10,12,14,17,19,21-23H2,1-2H3,(H2,29,30,31);;/q;2*+1/p-2/t24-;;/m1../s1. The third-order valence-electron chi connectivity index (χ3n) is 4.08. The van der Waals surface area contributed by atoms with Crippen LogP contribution < -0.4 is 68.9 Å². The maximum atomic E-state index is 12.0. The van der Waals surface area contributed by atoms with Crippen molar-refractivity contribution in [2.45, 2.75) is 77.7 Å². The van der Waals surface area contributed by atoms with Crippen LogP contribution in [0.15, 0.2) is 0 Å². The second kappa shape index (κ2) is 27.9. The van der Waals surface area contributed by atoms with Crippen molar-refractivity contribution in [2.75, 3.05) is 13.2 Å². The van der Waals surface area contributed by atoms with Gasteiger partial charge in [-0.25, -0.2) is 4.79 Å². The number of carbonyl (C=O) groups is 2. The minimum absolute atomic E-state index is 0. The van der Waals surface area contributed by atoms with E-state index in [1.54, 1.807) is 6.92 Å². The van der Waals surface area contributed by atoms with Crippen molar-refractivity contribution in [2.24, 2.45) is 0 Å². The smallest absolute Gasteiger partial charge is 0.790 e. The van der Waals surface area contributed by atoms with Crippen molar-refractivity contribution < 1.29 is 97.1 Å². The molecule has 0 rings (SSSR count). The van der Waals surface area contributed by atoms with E-state index in [9.17, 15) is 23.9 Å². The van der Waals surface area contributed by atoms with Crippen molar-refractivity contribution in [3.63, 3.8) is 0 Å². The Morgan fingerprint density at radius 3 is 1.84 bits per heavy atom. The van der Waals surface area contributed by atoms with E-state index in [-0.39, 0.29) is 65.5 Å². The summed E-state index contributed by atoms with van der Waals surface area (Å²) in [5, 5.41) is 0. The van der Waals surface area contributed by atoms with Gasteiger partial charge < -0.3 is 28.3 Å². The van der Waals surface area contributed by atoms with Crippen LogP contribution in [0.1, 0.15) is 71.6 Å². The first-order valence-electron chi connectivity index (χ1n) is 11.2. The quantitative estimate of drug-likeness (QED) is 0.0507. The van der Waals surface area contributed by atoms with E-state index in [4.69, 9.17) is 9.47 Å². The second-order valence-electron chi connectivity index (χ2n) is 7.05. The number of esters is 2. The minimum atomic E-state index is -5.30. The van der Waals surface area contributed by atoms with Crippen LogP contribution in [0.4, 0.5) is 0 Å². The Morgan fingerprint density at radius 1 is 0.784 bits per heavy atom. The molecular formula is C26H29Na2O8P. The van der Waals surface area contributed by atoms with Gasteiger partial charge in [0.05, 0.1) is 14.4 Å². The average molecular weight is 546 g/mol. The van der Waals surface area contributed by atoms with E-state index < -0.39 is 39.1 Å². The van der Waals surface area contributed by atoms with Gasteiger partial charge >= 0.3 is 71.1 Å². The average Bonchev–Trinajstić information content (AvgIpc) is 2.81. The van der Waals surface area contributed by atoms with E-state index in [1.807, 2.05) is 0 Å². The third kappa shape index (κ3) is 31.0. The Balaban J connectivity index is -0.00000578. The summed E-state index contributed by atoms with van der Waals surface area (Å²) in [6.45, 7) is 2.48. The molecule has 0 fully saturated rings. The summed E-state index contributed by atoms with van der Waals surface area (Å²) in [6.07, 6.45) is 7.17. The van der Waals surface area contributed by atoms with E-state index in [0.29, 0.717) is 6.42 Å². The van der Waals surface area contributed by atoms with Gasteiger partial charge in [0.2, 0.25) is 0 Å². The van der Waals surface area contributed by atoms with Crippen LogP contribution in [0.3, 0.4) is 0 Å². The largest absolute Gasteiger partial charge is 1.00 e. The number of unbranched alkanes of at least 4 members (excludes halogenated alkanes) is 7. The zero-order chi connectivity index (χ0) is 26.2. The Kier molecular flexibility index (Phi) is 30.4. The number of phosphoric ester groups is 1. The maximum Gasteiger partial charge on any atom is 1.00 e. The molecule has 0 aliphatic carbocycles. The zero-order valence-corrected chi connectivity index (χ0v) is 27.0. The molecule has 0 aromatic carbocycles. The van der Waals surface area contributed by atoms with Crippen LogP contribution in [-0.4, -0.2) is 31.3 Å². The Labute approximate surface area is 264 Å². The molecule has 0 aliphatic heterocycles. The van der Waals surface area contributed by atoms with Crippen molar-refractivity contribution in [3.05, 3.63) is 0 Å². The zero-order valence-electron chi connectivity index (χ0n) is 22.1. The molecule has 37 heavy (non-hydrogen) atoms. The monoisotopic (exact) mass is 546 g/mol. The Morgan fingerprint density at radius 2 is 1.30 bits per heavy atom. The van der Waals surface area contributed by atoms with Gasteiger partial charge in [0.15, 0.2) is 6.10 Å². The van der Waals surface area contributed by atoms with E-state index in [2.05, 4.69) is 70.7 Å². The van der Waals surface area contributed by atoms with E-state index in [0.717, 1.165) is 19.3 Å². The molecule has 0 bridgehead atoms. The molecule has 0 spiro atoms. The molecule has 0 radical (unpaired) electrons. The first-order valence-corrected chi connectivity index (χ1v) is 12.7. The fourth-order valence-corrected chi connectivity index (χ4v) is 2.82. The van der Waals surface area contributed by atoms with Gasteiger partial charge in [-0.15, -0.1) is 0 Å². The van der Waals surface area contributed by atoms with Crippen LogP contribution >= 0.6 is 7.82 Å². The number of ether oxygens (including phenoxy) is 2. The van der Waals surface area contributed by atoms with Crippen LogP contribution in [0.25, 0.3) is 0 Å². The molecule has 0 aliphatic rings. The molecule has 0 N–H and O–H groups in total. The van der Waals surface area contributed by atoms with Gasteiger partial charge in [0.1, 0.15) is 6.61 Å². The summed E-state index contributed by atoms with van der Waals surface area (Å²) in [5.41, 5.74) is 0. The van der Waals surface area contributed by atoms with Gasteiger partial charge in [-0.05, 0) is 60.7 Å². The predicted molar refractivity (Wildman–Crippen MR) is 126 cm³/mol. The molecule has 1 atom stereocenters. The first-order chi connectivity index (χ1) is 16.8. The molecule has 11 heteroatoms. The Bertz CT molecular complexity index is 1030. The third-order valence-corrected chi connectivity index (χ3v) is 4.54. The topological polar surface area (TPSA) is 125 Å². The van der Waals surface area contributed by atoms with Crippen LogP contribution in [-0.2, 0) is 28.2 Å². The Hall–Kier alpha value is -1.15. The number of hydrogen-bond donors (Lipinski definition) is 0. The van der Waals surface area contributed by atoms with Gasteiger partial charge in [0, 0.05) is 12.3 Å². The molecule has 0 amide bonds. The number of hydrogen-bond acceptors (Lipinski definition) is 8. The predicted octanol–water partition coefficient (Wildman–Crippen LogP) is -4.14. The molecule has 0 unspecified atom stereocenters. The van der Waals surface area contributed by atoms with Gasteiger partial charge in [0.25, 0.3) is 0 Å². The summed E-state index contributed by atoms with van der Waals surface area (Å²) >= 11 is 0. The fraction of sp³-hybridized carbons (Fsp3) is 0.538. The molecule has 8 nitrogen and oxygen atoms in total. The van der Waals surface area contributed by atoms with Gasteiger partial charge in [-0.3, -0.25) is 4.79 Å².